The van der Waals surface area contributed by atoms with Crippen LogP contribution in [0, 0.1) is 0 Å². The highest BCUT2D eigenvalue weighted by molar-refractivity contribution is 7.07. The standard InChI is InChI=1S/C19H24N2O4S/c1-23-17-4-3-14(11-18(17)24-2)19(22)20-12-16(15-5-10-26-13-15)21-6-8-25-9-7-21/h3-5,10-11,13,16H,6-9,12H2,1-2H3,(H,20,22). The number of methoxy groups -OCH3 is 2. The van der Waals surface area contributed by atoms with Gasteiger partial charge in [-0.05, 0) is 40.6 Å². The lowest BCUT2D eigenvalue weighted by Crippen LogP contribution is -2.43. The van der Waals surface area contributed by atoms with Gasteiger partial charge in [-0.15, -0.1) is 0 Å². The number of amides is 1. The molecule has 0 spiro atoms. The monoisotopic (exact) mass is 376 g/mol. The number of rotatable bonds is 7. The van der Waals surface area contributed by atoms with Crippen LogP contribution in [0.15, 0.2) is 35.0 Å². The van der Waals surface area contributed by atoms with Gasteiger partial charge in [0.1, 0.15) is 0 Å². The molecule has 1 atom stereocenters. The molecule has 1 fully saturated rings. The minimum absolute atomic E-state index is 0.126. The smallest absolute Gasteiger partial charge is 0.251 e. The van der Waals surface area contributed by atoms with Crippen LogP contribution in [-0.2, 0) is 4.74 Å². The Hall–Kier alpha value is -2.09. The van der Waals surface area contributed by atoms with E-state index in [1.165, 1.54) is 5.56 Å². The van der Waals surface area contributed by atoms with Crippen LogP contribution in [0.3, 0.4) is 0 Å². The van der Waals surface area contributed by atoms with E-state index in [-0.39, 0.29) is 11.9 Å². The molecular formula is C19H24N2O4S. The maximum Gasteiger partial charge on any atom is 0.251 e. The first-order chi connectivity index (χ1) is 12.7. The van der Waals surface area contributed by atoms with E-state index in [9.17, 15) is 4.79 Å². The predicted octanol–water partition coefficient (Wildman–Crippen LogP) is 2.57. The summed E-state index contributed by atoms with van der Waals surface area (Å²) in [5, 5.41) is 7.27. The first kappa shape index (κ1) is 18.7. The number of carbonyl (C=O) groups excluding carboxylic acids is 1. The van der Waals surface area contributed by atoms with Crippen LogP contribution in [0.25, 0.3) is 0 Å². The zero-order valence-corrected chi connectivity index (χ0v) is 15.9. The number of benzene rings is 1. The fourth-order valence-corrected chi connectivity index (χ4v) is 3.79. The Kier molecular flexibility index (Phi) is 6.49. The third kappa shape index (κ3) is 4.35. The summed E-state index contributed by atoms with van der Waals surface area (Å²) < 4.78 is 16.0. The molecule has 1 amide bonds. The van der Waals surface area contributed by atoms with E-state index in [0.717, 1.165) is 26.3 Å². The molecule has 0 aliphatic carbocycles. The summed E-state index contributed by atoms with van der Waals surface area (Å²) in [4.78, 5) is 15.0. The van der Waals surface area contributed by atoms with Crippen molar-refractivity contribution < 1.29 is 19.0 Å². The highest BCUT2D eigenvalue weighted by atomic mass is 32.1. The Morgan fingerprint density at radius 2 is 2.00 bits per heavy atom. The molecule has 1 aromatic heterocycles. The topological polar surface area (TPSA) is 60.0 Å². The van der Waals surface area contributed by atoms with Crippen molar-refractivity contribution in [3.63, 3.8) is 0 Å². The lowest BCUT2D eigenvalue weighted by atomic mass is 10.1. The van der Waals surface area contributed by atoms with Crippen LogP contribution < -0.4 is 14.8 Å². The van der Waals surface area contributed by atoms with E-state index in [1.54, 1.807) is 43.8 Å². The molecule has 3 rings (SSSR count). The quantitative estimate of drug-likeness (QED) is 0.805. The Labute approximate surface area is 157 Å². The molecule has 2 heterocycles. The van der Waals surface area contributed by atoms with Gasteiger partial charge >= 0.3 is 0 Å². The molecule has 0 radical (unpaired) electrons. The van der Waals surface area contributed by atoms with E-state index in [2.05, 4.69) is 27.0 Å². The van der Waals surface area contributed by atoms with Gasteiger partial charge in [-0.25, -0.2) is 0 Å². The second-order valence-electron chi connectivity index (χ2n) is 6.00. The van der Waals surface area contributed by atoms with E-state index in [1.807, 2.05) is 0 Å². The molecule has 2 aromatic rings. The van der Waals surface area contributed by atoms with Gasteiger partial charge in [0.2, 0.25) is 0 Å². The summed E-state index contributed by atoms with van der Waals surface area (Å²) in [6.07, 6.45) is 0. The fraction of sp³-hybridized carbons (Fsp3) is 0.421. The first-order valence-corrected chi connectivity index (χ1v) is 9.51. The van der Waals surface area contributed by atoms with Gasteiger partial charge in [-0.3, -0.25) is 9.69 Å². The van der Waals surface area contributed by atoms with Gasteiger partial charge < -0.3 is 19.5 Å². The van der Waals surface area contributed by atoms with E-state index >= 15 is 0 Å². The molecule has 1 unspecified atom stereocenters. The van der Waals surface area contributed by atoms with Gasteiger partial charge in [0, 0.05) is 25.2 Å². The van der Waals surface area contributed by atoms with Crippen LogP contribution in [0.4, 0.5) is 0 Å². The van der Waals surface area contributed by atoms with Gasteiger partial charge in [-0.1, -0.05) is 0 Å². The Bertz CT molecular complexity index is 714. The number of nitrogens with zero attached hydrogens (tertiary/aromatic N) is 1. The number of hydrogen-bond donors (Lipinski definition) is 1. The normalized spacial score (nSPS) is 16.1. The molecule has 0 saturated carbocycles. The maximum atomic E-state index is 12.6. The second kappa shape index (κ2) is 9.02. The number of ether oxygens (including phenoxy) is 3. The van der Waals surface area contributed by atoms with Crippen molar-refractivity contribution in [2.75, 3.05) is 47.1 Å². The summed E-state index contributed by atoms with van der Waals surface area (Å²) in [5.74, 6) is 1.02. The Morgan fingerprint density at radius 3 is 2.65 bits per heavy atom. The summed E-state index contributed by atoms with van der Waals surface area (Å²) in [6.45, 7) is 3.73. The zero-order valence-electron chi connectivity index (χ0n) is 15.1. The lowest BCUT2D eigenvalue weighted by molar-refractivity contribution is 0.0163. The molecule has 1 N–H and O–H groups in total. The van der Waals surface area contributed by atoms with E-state index in [4.69, 9.17) is 14.2 Å². The van der Waals surface area contributed by atoms with Crippen LogP contribution in [0.1, 0.15) is 22.0 Å². The number of nitrogens with one attached hydrogen (secondary N) is 1. The molecule has 0 bridgehead atoms. The minimum atomic E-state index is -0.126. The minimum Gasteiger partial charge on any atom is -0.493 e. The summed E-state index contributed by atoms with van der Waals surface area (Å²) in [5.41, 5.74) is 1.78. The average molecular weight is 376 g/mol. The lowest BCUT2D eigenvalue weighted by Gasteiger charge is -2.34. The number of carbonyl (C=O) groups is 1. The number of morpholine rings is 1. The zero-order chi connectivity index (χ0) is 18.4. The van der Waals surface area contributed by atoms with Gasteiger partial charge in [-0.2, -0.15) is 11.3 Å². The molecule has 6 nitrogen and oxygen atoms in total. The predicted molar refractivity (Wildman–Crippen MR) is 101 cm³/mol. The molecule has 7 heteroatoms. The maximum absolute atomic E-state index is 12.6. The van der Waals surface area contributed by atoms with Crippen LogP contribution in [-0.4, -0.2) is 57.9 Å². The third-order valence-electron chi connectivity index (χ3n) is 4.52. The summed E-state index contributed by atoms with van der Waals surface area (Å²) >= 11 is 1.67. The van der Waals surface area contributed by atoms with Crippen LogP contribution in [0.5, 0.6) is 11.5 Å². The average Bonchev–Trinajstić information content (AvgIpc) is 3.22. The number of thiophene rings is 1. The van der Waals surface area contributed by atoms with Crippen molar-refractivity contribution in [3.8, 4) is 11.5 Å². The van der Waals surface area contributed by atoms with E-state index < -0.39 is 0 Å². The third-order valence-corrected chi connectivity index (χ3v) is 5.22. The van der Waals surface area contributed by atoms with Crippen molar-refractivity contribution in [2.45, 2.75) is 6.04 Å². The highest BCUT2D eigenvalue weighted by Crippen LogP contribution is 2.28. The first-order valence-electron chi connectivity index (χ1n) is 8.57. The van der Waals surface area contributed by atoms with Crippen molar-refractivity contribution >= 4 is 17.2 Å². The van der Waals surface area contributed by atoms with Gasteiger partial charge in [0.25, 0.3) is 5.91 Å². The van der Waals surface area contributed by atoms with Crippen LogP contribution >= 0.6 is 11.3 Å². The van der Waals surface area contributed by atoms with Crippen molar-refractivity contribution in [1.82, 2.24) is 10.2 Å². The molecule has 1 aliphatic rings. The second-order valence-corrected chi connectivity index (χ2v) is 6.78. The Balaban J connectivity index is 1.69. The van der Waals surface area contributed by atoms with Crippen LogP contribution in [0.2, 0.25) is 0 Å². The molecule has 1 aliphatic heterocycles. The summed E-state index contributed by atoms with van der Waals surface area (Å²) in [6, 6.07) is 7.45. The Morgan fingerprint density at radius 1 is 1.23 bits per heavy atom. The number of hydrogen-bond acceptors (Lipinski definition) is 6. The molecule has 26 heavy (non-hydrogen) atoms. The van der Waals surface area contributed by atoms with Crippen molar-refractivity contribution in [2.24, 2.45) is 0 Å². The largest absolute Gasteiger partial charge is 0.493 e. The highest BCUT2D eigenvalue weighted by Gasteiger charge is 2.24. The molecule has 140 valence electrons. The van der Waals surface area contributed by atoms with Crippen molar-refractivity contribution in [3.05, 3.63) is 46.2 Å². The SMILES string of the molecule is COc1ccc(C(=O)NCC(c2ccsc2)N2CCOCC2)cc1OC. The molecule has 1 saturated heterocycles. The van der Waals surface area contributed by atoms with Gasteiger partial charge in [0.05, 0.1) is 33.5 Å². The van der Waals surface area contributed by atoms with Gasteiger partial charge in [0.15, 0.2) is 11.5 Å². The fourth-order valence-electron chi connectivity index (χ4n) is 3.08. The summed E-state index contributed by atoms with van der Waals surface area (Å²) in [7, 11) is 3.13. The molecular weight excluding hydrogens is 352 g/mol. The molecule has 1 aromatic carbocycles. The van der Waals surface area contributed by atoms with E-state index in [0.29, 0.717) is 23.6 Å². The van der Waals surface area contributed by atoms with Crippen molar-refractivity contribution in [1.29, 1.82) is 0 Å².